The molecule has 122 valence electrons. The van der Waals surface area contributed by atoms with Gasteiger partial charge in [0.15, 0.2) is 11.5 Å². The molecule has 0 fully saturated rings. The molecule has 3 rings (SSSR count). The van der Waals surface area contributed by atoms with Crippen molar-refractivity contribution in [2.45, 2.75) is 12.5 Å². The number of nitrogens with one attached hydrogen (secondary N) is 1. The molecule has 0 amide bonds. The topological polar surface area (TPSA) is 39.7 Å². The molecule has 0 aliphatic carbocycles. The Morgan fingerprint density at radius 3 is 2.61 bits per heavy atom. The lowest BCUT2D eigenvalue weighted by Crippen LogP contribution is -2.23. The van der Waals surface area contributed by atoms with Crippen LogP contribution < -0.4 is 19.5 Å². The highest BCUT2D eigenvalue weighted by Gasteiger charge is 2.23. The fourth-order valence-corrected chi connectivity index (χ4v) is 3.01. The van der Waals surface area contributed by atoms with E-state index in [-0.39, 0.29) is 6.10 Å². The summed E-state index contributed by atoms with van der Waals surface area (Å²) in [6.45, 7) is 1.63. The van der Waals surface area contributed by atoms with Crippen molar-refractivity contribution in [1.29, 1.82) is 0 Å². The van der Waals surface area contributed by atoms with Crippen molar-refractivity contribution in [3.63, 3.8) is 0 Å². The molecule has 1 atom stereocenters. The number of ether oxygens (including phenoxy) is 3. The molecule has 0 saturated carbocycles. The Balaban J connectivity index is 1.96. The average molecular weight is 334 g/mol. The molecule has 0 radical (unpaired) electrons. The first-order valence-electron chi connectivity index (χ1n) is 7.59. The van der Waals surface area contributed by atoms with E-state index < -0.39 is 0 Å². The third kappa shape index (κ3) is 3.54. The monoisotopic (exact) mass is 333 g/mol. The molecule has 1 aliphatic rings. The number of rotatable bonds is 4. The Morgan fingerprint density at radius 1 is 1.09 bits per heavy atom. The predicted molar refractivity (Wildman–Crippen MR) is 90.9 cm³/mol. The Morgan fingerprint density at radius 2 is 1.87 bits per heavy atom. The second kappa shape index (κ2) is 7.11. The lowest BCUT2D eigenvalue weighted by atomic mass is 10.00. The average Bonchev–Trinajstić information content (AvgIpc) is 2.75. The number of fused-ring (bicyclic) bond motifs is 1. The van der Waals surface area contributed by atoms with Gasteiger partial charge in [0, 0.05) is 17.1 Å². The minimum atomic E-state index is -0.106. The summed E-state index contributed by atoms with van der Waals surface area (Å²) < 4.78 is 17.0. The second-order valence-electron chi connectivity index (χ2n) is 5.42. The zero-order valence-electron chi connectivity index (χ0n) is 13.3. The van der Waals surface area contributed by atoms with Gasteiger partial charge in [-0.15, -0.1) is 0 Å². The molecule has 1 heterocycles. The van der Waals surface area contributed by atoms with E-state index >= 15 is 0 Å². The maximum atomic E-state index is 6.17. The lowest BCUT2D eigenvalue weighted by Gasteiger charge is -2.21. The van der Waals surface area contributed by atoms with Crippen molar-refractivity contribution < 1.29 is 14.2 Å². The van der Waals surface area contributed by atoms with Gasteiger partial charge in [-0.1, -0.05) is 17.7 Å². The predicted octanol–water partition coefficient (Wildman–Crippen LogP) is 3.62. The molecule has 2 aromatic rings. The van der Waals surface area contributed by atoms with Crippen LogP contribution >= 0.6 is 11.6 Å². The molecule has 23 heavy (non-hydrogen) atoms. The van der Waals surface area contributed by atoms with E-state index in [4.69, 9.17) is 25.8 Å². The second-order valence-corrected chi connectivity index (χ2v) is 5.86. The maximum absolute atomic E-state index is 6.17. The molecule has 0 aromatic heterocycles. The molecule has 0 saturated heterocycles. The van der Waals surface area contributed by atoms with Crippen molar-refractivity contribution in [3.8, 4) is 17.2 Å². The third-order valence-corrected chi connectivity index (χ3v) is 4.20. The molecule has 4 nitrogen and oxygen atoms in total. The van der Waals surface area contributed by atoms with Crippen molar-refractivity contribution in [2.75, 3.05) is 27.3 Å². The summed E-state index contributed by atoms with van der Waals surface area (Å²) in [5, 5.41) is 4.08. The summed E-state index contributed by atoms with van der Waals surface area (Å²) in [4.78, 5) is 0. The Labute approximate surface area is 141 Å². The lowest BCUT2D eigenvalue weighted by molar-refractivity contribution is 0.204. The smallest absolute Gasteiger partial charge is 0.161 e. The van der Waals surface area contributed by atoms with E-state index in [1.807, 2.05) is 36.4 Å². The highest BCUT2D eigenvalue weighted by Crippen LogP contribution is 2.36. The Hall–Kier alpha value is -1.91. The van der Waals surface area contributed by atoms with Gasteiger partial charge in [0.1, 0.15) is 11.9 Å². The molecule has 2 aromatic carbocycles. The number of hydrogen-bond acceptors (Lipinski definition) is 4. The van der Waals surface area contributed by atoms with Crippen molar-refractivity contribution in [1.82, 2.24) is 5.32 Å². The van der Waals surface area contributed by atoms with E-state index in [0.29, 0.717) is 10.8 Å². The molecule has 1 N–H and O–H groups in total. The molecule has 1 unspecified atom stereocenters. The van der Waals surface area contributed by atoms with E-state index in [1.54, 1.807) is 14.2 Å². The zero-order chi connectivity index (χ0) is 16.2. The van der Waals surface area contributed by atoms with Crippen LogP contribution in [0.3, 0.4) is 0 Å². The van der Waals surface area contributed by atoms with Gasteiger partial charge in [0.25, 0.3) is 0 Å². The summed E-state index contributed by atoms with van der Waals surface area (Å²) in [5.74, 6) is 2.22. The highest BCUT2D eigenvalue weighted by atomic mass is 35.5. The highest BCUT2D eigenvalue weighted by molar-refractivity contribution is 6.30. The van der Waals surface area contributed by atoms with Crippen LogP contribution in [-0.2, 0) is 6.42 Å². The normalized spacial score (nSPS) is 17.1. The van der Waals surface area contributed by atoms with Gasteiger partial charge in [-0.3, -0.25) is 0 Å². The Bertz CT molecular complexity index is 690. The first-order valence-corrected chi connectivity index (χ1v) is 7.97. The maximum Gasteiger partial charge on any atom is 0.161 e. The van der Waals surface area contributed by atoms with Gasteiger partial charge in [0.05, 0.1) is 14.2 Å². The van der Waals surface area contributed by atoms with Crippen molar-refractivity contribution >= 4 is 11.6 Å². The van der Waals surface area contributed by atoms with Crippen LogP contribution in [0, 0.1) is 0 Å². The first kappa shape index (κ1) is 16.0. The SMILES string of the molecule is COc1cc2c(cc1OC)C(Oc1cccc(Cl)c1)CNCC2. The van der Waals surface area contributed by atoms with Gasteiger partial charge in [0.2, 0.25) is 0 Å². The van der Waals surface area contributed by atoms with Crippen LogP contribution in [0.15, 0.2) is 36.4 Å². The molecular formula is C18H20ClNO3. The van der Waals surface area contributed by atoms with E-state index in [9.17, 15) is 0 Å². The summed E-state index contributed by atoms with van der Waals surface area (Å²) in [6.07, 6.45) is 0.816. The third-order valence-electron chi connectivity index (χ3n) is 3.97. The summed E-state index contributed by atoms with van der Waals surface area (Å²) in [7, 11) is 3.30. The Kier molecular flexibility index (Phi) is 4.94. The molecule has 0 spiro atoms. The molecular weight excluding hydrogens is 314 g/mol. The summed E-state index contributed by atoms with van der Waals surface area (Å²) >= 11 is 6.05. The standard InChI is InChI=1S/C18H20ClNO3/c1-21-16-8-12-6-7-20-11-18(15(12)10-17(16)22-2)23-14-5-3-4-13(19)9-14/h3-5,8-10,18,20H,6-7,11H2,1-2H3. The van der Waals surface area contributed by atoms with Crippen LogP contribution in [0.1, 0.15) is 17.2 Å². The van der Waals surface area contributed by atoms with Gasteiger partial charge >= 0.3 is 0 Å². The largest absolute Gasteiger partial charge is 0.493 e. The quantitative estimate of drug-likeness (QED) is 0.927. The first-order chi connectivity index (χ1) is 11.2. The minimum Gasteiger partial charge on any atom is -0.493 e. The van der Waals surface area contributed by atoms with Crippen molar-refractivity contribution in [2.24, 2.45) is 0 Å². The minimum absolute atomic E-state index is 0.106. The van der Waals surface area contributed by atoms with E-state index in [1.165, 1.54) is 5.56 Å². The van der Waals surface area contributed by atoms with Gasteiger partial charge in [-0.2, -0.15) is 0 Å². The number of benzene rings is 2. The molecule has 0 bridgehead atoms. The van der Waals surface area contributed by atoms with Crippen LogP contribution in [-0.4, -0.2) is 27.3 Å². The van der Waals surface area contributed by atoms with Gasteiger partial charge < -0.3 is 19.5 Å². The zero-order valence-corrected chi connectivity index (χ0v) is 14.0. The molecule has 1 aliphatic heterocycles. The van der Waals surface area contributed by atoms with Gasteiger partial charge in [-0.25, -0.2) is 0 Å². The fourth-order valence-electron chi connectivity index (χ4n) is 2.83. The summed E-state index contributed by atoms with van der Waals surface area (Å²) in [5.41, 5.74) is 2.33. The van der Waals surface area contributed by atoms with Crippen LogP contribution in [0.2, 0.25) is 5.02 Å². The number of hydrogen-bond donors (Lipinski definition) is 1. The van der Waals surface area contributed by atoms with Crippen molar-refractivity contribution in [3.05, 3.63) is 52.5 Å². The van der Waals surface area contributed by atoms with Gasteiger partial charge in [-0.05, 0) is 48.9 Å². The van der Waals surface area contributed by atoms with Crippen LogP contribution in [0.4, 0.5) is 0 Å². The molecule has 5 heteroatoms. The number of methoxy groups -OCH3 is 2. The van der Waals surface area contributed by atoms with Crippen LogP contribution in [0.25, 0.3) is 0 Å². The summed E-state index contributed by atoms with van der Waals surface area (Å²) in [6, 6.07) is 11.5. The van der Waals surface area contributed by atoms with E-state index in [0.717, 1.165) is 36.6 Å². The van der Waals surface area contributed by atoms with E-state index in [2.05, 4.69) is 5.32 Å². The number of halogens is 1. The van der Waals surface area contributed by atoms with Crippen LogP contribution in [0.5, 0.6) is 17.2 Å². The fraction of sp³-hybridized carbons (Fsp3) is 0.333.